The molecule has 30 heavy (non-hydrogen) atoms. The summed E-state index contributed by atoms with van der Waals surface area (Å²) in [5.74, 6) is 0.871. The lowest BCUT2D eigenvalue weighted by atomic mass is 10.0. The van der Waals surface area contributed by atoms with Crippen molar-refractivity contribution in [2.24, 2.45) is 0 Å². The van der Waals surface area contributed by atoms with Crippen LogP contribution in [0, 0.1) is 20.8 Å². The number of aryl methyl sites for hydroxylation is 1. The molecule has 2 aromatic rings. The number of benzene rings is 2. The first-order valence-electron chi connectivity index (χ1n) is 10.4. The highest BCUT2D eigenvalue weighted by atomic mass is 35.5. The van der Waals surface area contributed by atoms with Gasteiger partial charge in [-0.25, -0.2) is 0 Å². The lowest BCUT2D eigenvalue weighted by Crippen LogP contribution is -2.44. The highest BCUT2D eigenvalue weighted by Gasteiger charge is 2.21. The van der Waals surface area contributed by atoms with Gasteiger partial charge in [-0.2, -0.15) is 0 Å². The van der Waals surface area contributed by atoms with Gasteiger partial charge in [0.05, 0.1) is 12.7 Å². The predicted molar refractivity (Wildman–Crippen MR) is 127 cm³/mol. The van der Waals surface area contributed by atoms with Crippen molar-refractivity contribution in [1.82, 2.24) is 4.90 Å². The molecular weight excluding hydrogens is 419 g/mol. The number of hydrogen-bond donors (Lipinski definition) is 0. The highest BCUT2D eigenvalue weighted by Crippen LogP contribution is 2.29. The molecule has 0 bridgehead atoms. The maximum absolute atomic E-state index is 6.47. The Morgan fingerprint density at radius 2 is 1.80 bits per heavy atom. The number of nitrogens with zero attached hydrogens (tertiary/aromatic N) is 2. The SMILES string of the molecule is Cc1cc(Cl)c(C)c(OCCN2CCOC(Cc3cc(Cl)c(C)c(N(C)C)c3)C2)c1. The topological polar surface area (TPSA) is 24.9 Å². The minimum atomic E-state index is 0.155. The van der Waals surface area contributed by atoms with E-state index in [-0.39, 0.29) is 6.10 Å². The molecule has 0 amide bonds. The van der Waals surface area contributed by atoms with Crippen LogP contribution < -0.4 is 9.64 Å². The molecule has 0 spiro atoms. The molecule has 3 rings (SSSR count). The zero-order valence-electron chi connectivity index (χ0n) is 18.6. The Morgan fingerprint density at radius 3 is 2.53 bits per heavy atom. The van der Waals surface area contributed by atoms with Gasteiger partial charge >= 0.3 is 0 Å². The molecule has 0 aliphatic carbocycles. The third-order valence-corrected chi connectivity index (χ3v) is 6.44. The van der Waals surface area contributed by atoms with E-state index in [9.17, 15) is 0 Å². The summed E-state index contributed by atoms with van der Waals surface area (Å²) in [6.45, 7) is 10.1. The van der Waals surface area contributed by atoms with Crippen LogP contribution in [0.25, 0.3) is 0 Å². The molecule has 0 N–H and O–H groups in total. The second-order valence-electron chi connectivity index (χ2n) is 8.33. The van der Waals surface area contributed by atoms with Gasteiger partial charge in [0.25, 0.3) is 0 Å². The third-order valence-electron chi connectivity index (χ3n) is 5.65. The van der Waals surface area contributed by atoms with Gasteiger partial charge in [-0.15, -0.1) is 0 Å². The van der Waals surface area contributed by atoms with Gasteiger partial charge in [0.15, 0.2) is 0 Å². The average Bonchev–Trinajstić information content (AvgIpc) is 2.68. The second kappa shape index (κ2) is 10.2. The maximum atomic E-state index is 6.47. The van der Waals surface area contributed by atoms with E-state index in [4.69, 9.17) is 32.7 Å². The third kappa shape index (κ3) is 5.82. The summed E-state index contributed by atoms with van der Waals surface area (Å²) in [5.41, 5.74) is 5.59. The van der Waals surface area contributed by atoms with Crippen LogP contribution in [-0.4, -0.2) is 57.9 Å². The predicted octanol–water partition coefficient (Wildman–Crippen LogP) is 5.31. The number of halogens is 2. The van der Waals surface area contributed by atoms with Gasteiger partial charge in [0.1, 0.15) is 12.4 Å². The molecule has 1 aliphatic heterocycles. The lowest BCUT2D eigenvalue weighted by molar-refractivity contribution is -0.0305. The number of morpholine rings is 1. The van der Waals surface area contributed by atoms with E-state index in [2.05, 4.69) is 28.9 Å². The van der Waals surface area contributed by atoms with Gasteiger partial charge in [-0.05, 0) is 61.7 Å². The van der Waals surface area contributed by atoms with Crippen molar-refractivity contribution in [2.75, 3.05) is 51.8 Å². The number of ether oxygens (including phenoxy) is 2. The smallest absolute Gasteiger partial charge is 0.124 e. The molecule has 1 unspecified atom stereocenters. The maximum Gasteiger partial charge on any atom is 0.124 e. The molecule has 1 heterocycles. The summed E-state index contributed by atoms with van der Waals surface area (Å²) < 4.78 is 12.1. The first kappa shape index (κ1) is 23.2. The Morgan fingerprint density at radius 1 is 1.07 bits per heavy atom. The van der Waals surface area contributed by atoms with Crippen LogP contribution in [0.5, 0.6) is 5.75 Å². The molecule has 1 aliphatic rings. The van der Waals surface area contributed by atoms with Crippen molar-refractivity contribution in [3.8, 4) is 5.75 Å². The summed E-state index contributed by atoms with van der Waals surface area (Å²) in [6.07, 6.45) is 1.01. The normalized spacial score (nSPS) is 17.2. The Labute approximate surface area is 190 Å². The minimum Gasteiger partial charge on any atom is -0.492 e. The molecule has 0 aromatic heterocycles. The van der Waals surface area contributed by atoms with Crippen molar-refractivity contribution >= 4 is 28.9 Å². The molecule has 0 radical (unpaired) electrons. The number of anilines is 1. The minimum absolute atomic E-state index is 0.155. The summed E-state index contributed by atoms with van der Waals surface area (Å²) in [5, 5.41) is 1.56. The Kier molecular flexibility index (Phi) is 7.92. The van der Waals surface area contributed by atoms with Crippen LogP contribution in [0.15, 0.2) is 24.3 Å². The molecular formula is C24H32Cl2N2O2. The standard InChI is InChI=1S/C24H32Cl2N2O2/c1-16-10-21(25)18(3)24(11-16)30-9-7-28-6-8-29-20(15-28)12-19-13-22(26)17(2)23(14-19)27(4)5/h10-11,13-14,20H,6-9,12,15H2,1-5H3. The number of hydrogen-bond acceptors (Lipinski definition) is 4. The fourth-order valence-electron chi connectivity index (χ4n) is 3.89. The van der Waals surface area contributed by atoms with Crippen molar-refractivity contribution in [1.29, 1.82) is 0 Å². The quantitative estimate of drug-likeness (QED) is 0.570. The van der Waals surface area contributed by atoms with Crippen molar-refractivity contribution in [3.63, 3.8) is 0 Å². The van der Waals surface area contributed by atoms with Crippen molar-refractivity contribution in [2.45, 2.75) is 33.3 Å². The van der Waals surface area contributed by atoms with Gasteiger partial charge in [-0.1, -0.05) is 23.2 Å². The Balaban J connectivity index is 1.56. The Hall–Kier alpha value is -1.46. The van der Waals surface area contributed by atoms with Gasteiger partial charge in [-0.3, -0.25) is 4.90 Å². The van der Waals surface area contributed by atoms with E-state index in [1.807, 2.05) is 40.1 Å². The molecule has 1 saturated heterocycles. The molecule has 164 valence electrons. The zero-order chi connectivity index (χ0) is 21.8. The van der Waals surface area contributed by atoms with Crippen LogP contribution in [0.2, 0.25) is 10.0 Å². The summed E-state index contributed by atoms with van der Waals surface area (Å²) in [7, 11) is 4.09. The van der Waals surface area contributed by atoms with Crippen LogP contribution in [0.3, 0.4) is 0 Å². The second-order valence-corrected chi connectivity index (χ2v) is 9.15. The molecule has 6 heteroatoms. The van der Waals surface area contributed by atoms with Gasteiger partial charge < -0.3 is 14.4 Å². The van der Waals surface area contributed by atoms with Crippen LogP contribution in [0.1, 0.15) is 22.3 Å². The first-order valence-corrected chi connectivity index (χ1v) is 11.2. The van der Waals surface area contributed by atoms with Crippen LogP contribution >= 0.6 is 23.2 Å². The van der Waals surface area contributed by atoms with E-state index in [1.54, 1.807) is 0 Å². The fraction of sp³-hybridized carbons (Fsp3) is 0.500. The van der Waals surface area contributed by atoms with Gasteiger partial charge in [0, 0.05) is 61.4 Å². The molecule has 2 aromatic carbocycles. The molecule has 1 fully saturated rings. The van der Waals surface area contributed by atoms with Crippen LogP contribution in [-0.2, 0) is 11.2 Å². The Bertz CT molecular complexity index is 886. The fourth-order valence-corrected chi connectivity index (χ4v) is 4.39. The highest BCUT2D eigenvalue weighted by molar-refractivity contribution is 6.32. The average molecular weight is 451 g/mol. The van der Waals surface area contributed by atoms with Crippen molar-refractivity contribution < 1.29 is 9.47 Å². The largest absolute Gasteiger partial charge is 0.492 e. The molecule has 1 atom stereocenters. The van der Waals surface area contributed by atoms with E-state index < -0.39 is 0 Å². The lowest BCUT2D eigenvalue weighted by Gasteiger charge is -2.33. The summed E-state index contributed by atoms with van der Waals surface area (Å²) >= 11 is 12.7. The molecule has 0 saturated carbocycles. The zero-order valence-corrected chi connectivity index (χ0v) is 20.1. The molecule has 4 nitrogen and oxygen atoms in total. The van der Waals surface area contributed by atoms with E-state index in [0.717, 1.165) is 70.8 Å². The first-order chi connectivity index (χ1) is 14.2. The summed E-state index contributed by atoms with van der Waals surface area (Å²) in [6, 6.07) is 8.30. The van der Waals surface area contributed by atoms with E-state index >= 15 is 0 Å². The van der Waals surface area contributed by atoms with Crippen LogP contribution in [0.4, 0.5) is 5.69 Å². The van der Waals surface area contributed by atoms with E-state index in [0.29, 0.717) is 6.61 Å². The van der Waals surface area contributed by atoms with E-state index in [1.165, 1.54) is 5.56 Å². The number of rotatable bonds is 7. The monoisotopic (exact) mass is 450 g/mol. The summed E-state index contributed by atoms with van der Waals surface area (Å²) in [4.78, 5) is 4.51. The van der Waals surface area contributed by atoms with Crippen molar-refractivity contribution in [3.05, 3.63) is 56.6 Å². The van der Waals surface area contributed by atoms with Gasteiger partial charge in [0.2, 0.25) is 0 Å².